The van der Waals surface area contributed by atoms with Crippen LogP contribution in [0.3, 0.4) is 0 Å². The number of rotatable bonds is 3. The van der Waals surface area contributed by atoms with Crippen LogP contribution in [0.15, 0.2) is 12.4 Å². The second-order valence-electron chi connectivity index (χ2n) is 4.03. The average Bonchev–Trinajstić information content (AvgIpc) is 2.76. The Hall–Kier alpha value is -0.910. The molecule has 2 rings (SSSR count). The zero-order chi connectivity index (χ0) is 10.8. The molecule has 2 unspecified atom stereocenters. The third kappa shape index (κ3) is 2.37. The molecule has 5 heteroatoms. The first-order valence-electron chi connectivity index (χ1n) is 5.29. The van der Waals surface area contributed by atoms with Crippen LogP contribution in [0.25, 0.3) is 0 Å². The molecular weight excluding hydrogens is 194 g/mol. The summed E-state index contributed by atoms with van der Waals surface area (Å²) in [6, 6.07) is 0. The first-order valence-corrected chi connectivity index (χ1v) is 5.29. The zero-order valence-electron chi connectivity index (χ0n) is 8.87. The van der Waals surface area contributed by atoms with Crippen LogP contribution in [0.1, 0.15) is 12.5 Å². The van der Waals surface area contributed by atoms with Crippen LogP contribution in [0, 0.1) is 0 Å². The molecule has 0 spiro atoms. The number of aryl methyl sites for hydroxylation is 1. The van der Waals surface area contributed by atoms with Gasteiger partial charge < -0.3 is 10.2 Å². The molecule has 2 atom stereocenters. The first-order chi connectivity index (χ1) is 7.19. The number of aromatic nitrogens is 2. The summed E-state index contributed by atoms with van der Waals surface area (Å²) >= 11 is 0. The van der Waals surface area contributed by atoms with Gasteiger partial charge in [-0.2, -0.15) is 5.10 Å². The molecule has 0 aliphatic carbocycles. The van der Waals surface area contributed by atoms with Gasteiger partial charge in [0, 0.05) is 37.9 Å². The molecule has 1 saturated heterocycles. The zero-order valence-corrected chi connectivity index (χ0v) is 8.87. The smallest absolute Gasteiger partial charge is 0.0938 e. The molecule has 2 N–H and O–H groups in total. The average molecular weight is 211 g/mol. The molecule has 1 aromatic rings. The van der Waals surface area contributed by atoms with Crippen molar-refractivity contribution < 1.29 is 10.2 Å². The van der Waals surface area contributed by atoms with Gasteiger partial charge in [0.15, 0.2) is 0 Å². The van der Waals surface area contributed by atoms with Crippen molar-refractivity contribution in [1.82, 2.24) is 14.7 Å². The highest BCUT2D eigenvalue weighted by molar-refractivity contribution is 5.04. The van der Waals surface area contributed by atoms with Crippen molar-refractivity contribution in [2.75, 3.05) is 13.1 Å². The number of likely N-dealkylation sites (tertiary alicyclic amines) is 1. The Labute approximate surface area is 88.9 Å². The van der Waals surface area contributed by atoms with Crippen molar-refractivity contribution in [2.45, 2.75) is 32.2 Å². The number of aliphatic hydroxyl groups is 2. The SMILES string of the molecule is CCn1cc(CN2CC(O)C(O)C2)cn1. The molecule has 5 nitrogen and oxygen atoms in total. The highest BCUT2D eigenvalue weighted by Crippen LogP contribution is 2.13. The molecule has 1 aromatic heterocycles. The van der Waals surface area contributed by atoms with Crippen molar-refractivity contribution >= 4 is 0 Å². The monoisotopic (exact) mass is 211 g/mol. The Bertz CT molecular complexity index is 316. The lowest BCUT2D eigenvalue weighted by Crippen LogP contribution is -2.22. The maximum atomic E-state index is 9.39. The quantitative estimate of drug-likeness (QED) is 0.703. The molecule has 0 aromatic carbocycles. The first kappa shape index (κ1) is 10.6. The number of β-amino-alcohol motifs (C(OH)–C–C–N with tert-alkyl or cyclic N) is 2. The van der Waals surface area contributed by atoms with E-state index in [1.807, 2.05) is 28.9 Å². The van der Waals surface area contributed by atoms with Gasteiger partial charge in [-0.3, -0.25) is 9.58 Å². The van der Waals surface area contributed by atoms with Gasteiger partial charge in [-0.25, -0.2) is 0 Å². The molecule has 15 heavy (non-hydrogen) atoms. The second-order valence-corrected chi connectivity index (χ2v) is 4.03. The minimum Gasteiger partial charge on any atom is -0.389 e. The Morgan fingerprint density at radius 3 is 2.60 bits per heavy atom. The Morgan fingerprint density at radius 1 is 1.40 bits per heavy atom. The number of aliphatic hydroxyl groups excluding tert-OH is 2. The summed E-state index contributed by atoms with van der Waals surface area (Å²) in [4.78, 5) is 2.03. The van der Waals surface area contributed by atoms with E-state index in [0.29, 0.717) is 13.1 Å². The van der Waals surface area contributed by atoms with Crippen molar-refractivity contribution in [1.29, 1.82) is 0 Å². The van der Waals surface area contributed by atoms with Gasteiger partial charge in [0.2, 0.25) is 0 Å². The predicted molar refractivity (Wildman–Crippen MR) is 55.2 cm³/mol. The van der Waals surface area contributed by atoms with Gasteiger partial charge >= 0.3 is 0 Å². The summed E-state index contributed by atoms with van der Waals surface area (Å²) in [5, 5.41) is 22.9. The number of hydrogen-bond acceptors (Lipinski definition) is 4. The third-order valence-corrected chi connectivity index (χ3v) is 2.75. The van der Waals surface area contributed by atoms with Crippen LogP contribution in [0.2, 0.25) is 0 Å². The van der Waals surface area contributed by atoms with Crippen LogP contribution in [0.5, 0.6) is 0 Å². The van der Waals surface area contributed by atoms with Crippen LogP contribution in [-0.2, 0) is 13.1 Å². The van der Waals surface area contributed by atoms with Gasteiger partial charge in [-0.05, 0) is 6.92 Å². The fourth-order valence-corrected chi connectivity index (χ4v) is 1.90. The maximum absolute atomic E-state index is 9.39. The summed E-state index contributed by atoms with van der Waals surface area (Å²) in [5.41, 5.74) is 1.12. The van der Waals surface area contributed by atoms with Crippen LogP contribution < -0.4 is 0 Å². The molecular formula is C10H17N3O2. The van der Waals surface area contributed by atoms with Crippen molar-refractivity contribution in [3.63, 3.8) is 0 Å². The summed E-state index contributed by atoms with van der Waals surface area (Å²) in [7, 11) is 0. The molecule has 2 heterocycles. The van der Waals surface area contributed by atoms with Gasteiger partial charge in [-0.15, -0.1) is 0 Å². The Balaban J connectivity index is 1.92. The van der Waals surface area contributed by atoms with E-state index < -0.39 is 12.2 Å². The van der Waals surface area contributed by atoms with E-state index in [4.69, 9.17) is 0 Å². The molecule has 0 saturated carbocycles. The molecule has 0 amide bonds. The Morgan fingerprint density at radius 2 is 2.07 bits per heavy atom. The van der Waals surface area contributed by atoms with Gasteiger partial charge in [0.25, 0.3) is 0 Å². The molecule has 0 bridgehead atoms. The summed E-state index contributed by atoms with van der Waals surface area (Å²) < 4.78 is 1.87. The lowest BCUT2D eigenvalue weighted by Gasteiger charge is -2.12. The minimum absolute atomic E-state index is 0.540. The van der Waals surface area contributed by atoms with E-state index in [2.05, 4.69) is 5.10 Å². The van der Waals surface area contributed by atoms with E-state index >= 15 is 0 Å². The molecule has 0 radical (unpaired) electrons. The van der Waals surface area contributed by atoms with E-state index in [1.54, 1.807) is 0 Å². The molecule has 84 valence electrons. The molecule has 1 fully saturated rings. The predicted octanol–water partition coefficient (Wildman–Crippen LogP) is -0.560. The highest BCUT2D eigenvalue weighted by Gasteiger charge is 2.29. The van der Waals surface area contributed by atoms with E-state index in [-0.39, 0.29) is 0 Å². The highest BCUT2D eigenvalue weighted by atomic mass is 16.3. The van der Waals surface area contributed by atoms with Gasteiger partial charge in [-0.1, -0.05) is 0 Å². The fraction of sp³-hybridized carbons (Fsp3) is 0.700. The largest absolute Gasteiger partial charge is 0.389 e. The van der Waals surface area contributed by atoms with E-state index in [0.717, 1.165) is 18.7 Å². The standard InChI is InChI=1S/C10H17N3O2/c1-2-13-5-8(3-11-13)4-12-6-9(14)10(15)7-12/h3,5,9-10,14-15H,2,4,6-7H2,1H3. The number of nitrogens with zero attached hydrogens (tertiary/aromatic N) is 3. The second kappa shape index (κ2) is 4.30. The maximum Gasteiger partial charge on any atom is 0.0938 e. The van der Waals surface area contributed by atoms with Crippen molar-refractivity contribution in [3.8, 4) is 0 Å². The van der Waals surface area contributed by atoms with Crippen molar-refractivity contribution in [2.24, 2.45) is 0 Å². The molecule has 1 aliphatic rings. The fourth-order valence-electron chi connectivity index (χ4n) is 1.90. The summed E-state index contributed by atoms with van der Waals surface area (Å²) in [6.45, 7) is 4.73. The minimum atomic E-state index is -0.605. The van der Waals surface area contributed by atoms with Gasteiger partial charge in [0.1, 0.15) is 0 Å². The van der Waals surface area contributed by atoms with Gasteiger partial charge in [0.05, 0.1) is 18.4 Å². The Kier molecular flexibility index (Phi) is 3.04. The van der Waals surface area contributed by atoms with E-state index in [9.17, 15) is 10.2 Å². The van der Waals surface area contributed by atoms with E-state index in [1.165, 1.54) is 0 Å². The van der Waals surface area contributed by atoms with Crippen LogP contribution >= 0.6 is 0 Å². The summed E-state index contributed by atoms with van der Waals surface area (Å²) in [6.07, 6.45) is 2.62. The lowest BCUT2D eigenvalue weighted by atomic mass is 10.3. The van der Waals surface area contributed by atoms with Crippen LogP contribution in [0.4, 0.5) is 0 Å². The number of hydrogen-bond donors (Lipinski definition) is 2. The van der Waals surface area contributed by atoms with Crippen molar-refractivity contribution in [3.05, 3.63) is 18.0 Å². The third-order valence-electron chi connectivity index (χ3n) is 2.75. The lowest BCUT2D eigenvalue weighted by molar-refractivity contribution is 0.0572. The summed E-state index contributed by atoms with van der Waals surface area (Å²) in [5.74, 6) is 0. The molecule has 1 aliphatic heterocycles. The normalized spacial score (nSPS) is 27.4. The van der Waals surface area contributed by atoms with Crippen LogP contribution in [-0.4, -0.2) is 50.2 Å². The topological polar surface area (TPSA) is 61.5 Å².